The van der Waals surface area contributed by atoms with Gasteiger partial charge < -0.3 is 28.4 Å². The van der Waals surface area contributed by atoms with Gasteiger partial charge in [0.2, 0.25) is 0 Å². The molecule has 0 atom stereocenters. The van der Waals surface area contributed by atoms with Crippen molar-refractivity contribution < 1.29 is 28.4 Å². The standard InChI is InChI=1S/C19H22O6/c1-20-14-4-6-15(7-5-14)25-12-16-17(21-2)10-13(11-18(16)22-3)19-23-8-9-24-19/h4-7,10-11,19H,8-9,12H2,1-3H3. The van der Waals surface area contributed by atoms with Crippen molar-refractivity contribution in [3.63, 3.8) is 0 Å². The third-order valence-corrected chi connectivity index (χ3v) is 3.97. The van der Waals surface area contributed by atoms with Crippen LogP contribution in [0.5, 0.6) is 23.0 Å². The Labute approximate surface area is 147 Å². The highest BCUT2D eigenvalue weighted by atomic mass is 16.7. The summed E-state index contributed by atoms with van der Waals surface area (Å²) in [6, 6.07) is 11.2. The molecular weight excluding hydrogens is 324 g/mol. The average molecular weight is 346 g/mol. The first kappa shape index (κ1) is 17.4. The summed E-state index contributed by atoms with van der Waals surface area (Å²) in [5.41, 5.74) is 1.68. The molecule has 6 heteroatoms. The zero-order valence-electron chi connectivity index (χ0n) is 14.6. The van der Waals surface area contributed by atoms with Crippen LogP contribution in [0.4, 0.5) is 0 Å². The second-order valence-corrected chi connectivity index (χ2v) is 5.44. The summed E-state index contributed by atoms with van der Waals surface area (Å²) in [6.45, 7) is 1.47. The number of methoxy groups -OCH3 is 3. The Hall–Kier alpha value is -2.44. The fourth-order valence-electron chi connectivity index (χ4n) is 2.66. The molecule has 0 N–H and O–H groups in total. The Morgan fingerprint density at radius 2 is 1.40 bits per heavy atom. The maximum absolute atomic E-state index is 5.86. The summed E-state index contributed by atoms with van der Waals surface area (Å²) in [4.78, 5) is 0. The summed E-state index contributed by atoms with van der Waals surface area (Å²) in [5, 5.41) is 0. The van der Waals surface area contributed by atoms with Gasteiger partial charge in [0.05, 0.1) is 40.1 Å². The Morgan fingerprint density at radius 1 is 0.840 bits per heavy atom. The Bertz CT molecular complexity index is 667. The van der Waals surface area contributed by atoms with Crippen LogP contribution in [0.15, 0.2) is 36.4 Å². The molecule has 1 aliphatic rings. The lowest BCUT2D eigenvalue weighted by Gasteiger charge is -2.18. The van der Waals surface area contributed by atoms with E-state index in [1.54, 1.807) is 21.3 Å². The van der Waals surface area contributed by atoms with Crippen LogP contribution in [-0.2, 0) is 16.1 Å². The number of benzene rings is 2. The highest BCUT2D eigenvalue weighted by Crippen LogP contribution is 2.36. The van der Waals surface area contributed by atoms with Crippen molar-refractivity contribution in [2.45, 2.75) is 12.9 Å². The molecular formula is C19H22O6. The number of hydrogen-bond donors (Lipinski definition) is 0. The van der Waals surface area contributed by atoms with Gasteiger partial charge in [0.1, 0.15) is 29.6 Å². The highest BCUT2D eigenvalue weighted by molar-refractivity contribution is 5.48. The van der Waals surface area contributed by atoms with E-state index in [9.17, 15) is 0 Å². The molecule has 3 rings (SSSR count). The molecule has 2 aromatic carbocycles. The lowest BCUT2D eigenvalue weighted by Crippen LogP contribution is -2.05. The van der Waals surface area contributed by atoms with E-state index in [0.717, 1.165) is 22.6 Å². The summed E-state index contributed by atoms with van der Waals surface area (Å²) < 4.78 is 33.2. The van der Waals surface area contributed by atoms with E-state index in [0.29, 0.717) is 31.3 Å². The quantitative estimate of drug-likeness (QED) is 0.766. The van der Waals surface area contributed by atoms with Crippen LogP contribution in [-0.4, -0.2) is 34.5 Å². The third-order valence-electron chi connectivity index (χ3n) is 3.97. The maximum Gasteiger partial charge on any atom is 0.184 e. The number of rotatable bonds is 7. The first-order valence-electron chi connectivity index (χ1n) is 8.00. The molecule has 1 fully saturated rings. The van der Waals surface area contributed by atoms with Crippen LogP contribution in [0.3, 0.4) is 0 Å². The Morgan fingerprint density at radius 3 is 1.92 bits per heavy atom. The highest BCUT2D eigenvalue weighted by Gasteiger charge is 2.22. The van der Waals surface area contributed by atoms with Gasteiger partial charge in [0.15, 0.2) is 6.29 Å². The zero-order chi connectivity index (χ0) is 17.6. The van der Waals surface area contributed by atoms with Gasteiger partial charge in [-0.15, -0.1) is 0 Å². The van der Waals surface area contributed by atoms with Crippen molar-refractivity contribution in [1.82, 2.24) is 0 Å². The van der Waals surface area contributed by atoms with E-state index in [1.165, 1.54) is 0 Å². The topological polar surface area (TPSA) is 55.4 Å². The van der Waals surface area contributed by atoms with Crippen molar-refractivity contribution in [1.29, 1.82) is 0 Å². The molecule has 0 amide bonds. The van der Waals surface area contributed by atoms with E-state index in [1.807, 2.05) is 36.4 Å². The van der Waals surface area contributed by atoms with E-state index in [2.05, 4.69) is 0 Å². The molecule has 0 saturated carbocycles. The van der Waals surface area contributed by atoms with Crippen molar-refractivity contribution in [3.05, 3.63) is 47.5 Å². The van der Waals surface area contributed by atoms with Crippen molar-refractivity contribution >= 4 is 0 Å². The molecule has 0 spiro atoms. The van der Waals surface area contributed by atoms with Crippen LogP contribution >= 0.6 is 0 Å². The van der Waals surface area contributed by atoms with Gasteiger partial charge in [0.25, 0.3) is 0 Å². The minimum atomic E-state index is -0.389. The molecule has 134 valence electrons. The third kappa shape index (κ3) is 3.97. The van der Waals surface area contributed by atoms with E-state index in [4.69, 9.17) is 28.4 Å². The predicted molar refractivity (Wildman–Crippen MR) is 91.5 cm³/mol. The SMILES string of the molecule is COc1ccc(OCc2c(OC)cc(C3OCCO3)cc2OC)cc1. The molecule has 0 radical (unpaired) electrons. The smallest absolute Gasteiger partial charge is 0.184 e. The van der Waals surface area contributed by atoms with Gasteiger partial charge in [-0.25, -0.2) is 0 Å². The van der Waals surface area contributed by atoms with Gasteiger partial charge in [0, 0.05) is 5.56 Å². The molecule has 1 saturated heterocycles. The largest absolute Gasteiger partial charge is 0.497 e. The van der Waals surface area contributed by atoms with E-state index in [-0.39, 0.29) is 6.29 Å². The summed E-state index contributed by atoms with van der Waals surface area (Å²) in [6.07, 6.45) is -0.389. The molecule has 6 nitrogen and oxygen atoms in total. The van der Waals surface area contributed by atoms with Gasteiger partial charge in [-0.05, 0) is 36.4 Å². The molecule has 1 heterocycles. The van der Waals surface area contributed by atoms with Crippen molar-refractivity contribution in [2.24, 2.45) is 0 Å². The van der Waals surface area contributed by atoms with Gasteiger partial charge in [-0.3, -0.25) is 0 Å². The number of ether oxygens (including phenoxy) is 6. The summed E-state index contributed by atoms with van der Waals surface area (Å²) in [7, 11) is 4.86. The molecule has 2 aromatic rings. The van der Waals surface area contributed by atoms with Crippen LogP contribution in [0.1, 0.15) is 17.4 Å². The molecule has 25 heavy (non-hydrogen) atoms. The van der Waals surface area contributed by atoms with Crippen molar-refractivity contribution in [2.75, 3.05) is 34.5 Å². The molecule has 0 aromatic heterocycles. The lowest BCUT2D eigenvalue weighted by molar-refractivity contribution is -0.0443. The zero-order valence-corrected chi connectivity index (χ0v) is 14.6. The average Bonchev–Trinajstić information content (AvgIpc) is 3.20. The fourth-order valence-corrected chi connectivity index (χ4v) is 2.66. The molecule has 1 aliphatic heterocycles. The first-order chi connectivity index (χ1) is 12.2. The maximum atomic E-state index is 5.86. The predicted octanol–water partition coefficient (Wildman–Crippen LogP) is 3.34. The number of hydrogen-bond acceptors (Lipinski definition) is 6. The lowest BCUT2D eigenvalue weighted by atomic mass is 10.1. The normalized spacial score (nSPS) is 14.4. The van der Waals surface area contributed by atoms with Gasteiger partial charge >= 0.3 is 0 Å². The van der Waals surface area contributed by atoms with Crippen LogP contribution in [0.2, 0.25) is 0 Å². The van der Waals surface area contributed by atoms with Crippen LogP contribution in [0, 0.1) is 0 Å². The minimum Gasteiger partial charge on any atom is -0.497 e. The van der Waals surface area contributed by atoms with Gasteiger partial charge in [-0.2, -0.15) is 0 Å². The first-order valence-corrected chi connectivity index (χ1v) is 8.00. The Kier molecular flexibility index (Phi) is 5.63. The fraction of sp³-hybridized carbons (Fsp3) is 0.368. The van der Waals surface area contributed by atoms with E-state index >= 15 is 0 Å². The molecule has 0 unspecified atom stereocenters. The van der Waals surface area contributed by atoms with Crippen LogP contribution in [0.25, 0.3) is 0 Å². The second kappa shape index (κ2) is 8.09. The van der Waals surface area contributed by atoms with Crippen molar-refractivity contribution in [3.8, 4) is 23.0 Å². The summed E-state index contributed by atoms with van der Waals surface area (Å²) >= 11 is 0. The van der Waals surface area contributed by atoms with Crippen LogP contribution < -0.4 is 18.9 Å². The summed E-state index contributed by atoms with van der Waals surface area (Å²) in [5.74, 6) is 2.85. The van der Waals surface area contributed by atoms with Gasteiger partial charge in [-0.1, -0.05) is 0 Å². The molecule has 0 bridgehead atoms. The Balaban J connectivity index is 1.80. The monoisotopic (exact) mass is 346 g/mol. The molecule has 0 aliphatic carbocycles. The minimum absolute atomic E-state index is 0.311. The second-order valence-electron chi connectivity index (χ2n) is 5.44. The van der Waals surface area contributed by atoms with E-state index < -0.39 is 0 Å².